The summed E-state index contributed by atoms with van der Waals surface area (Å²) in [5.41, 5.74) is 9.28. The first kappa shape index (κ1) is 30.1. The molecular weight excluding hydrogens is 547 g/mol. The van der Waals surface area contributed by atoms with E-state index in [-0.39, 0.29) is 20.4 Å². The first-order valence-electron chi connectivity index (χ1n) is 14.7. The van der Waals surface area contributed by atoms with Gasteiger partial charge in [0.1, 0.15) is 5.82 Å². The summed E-state index contributed by atoms with van der Waals surface area (Å²) in [7, 11) is -0.0134. The van der Waals surface area contributed by atoms with Crippen LogP contribution in [0.5, 0.6) is 0 Å². The lowest BCUT2D eigenvalue weighted by Crippen LogP contribution is -2.22. The number of aryl methyl sites for hydroxylation is 2. The van der Waals surface area contributed by atoms with Gasteiger partial charge in [-0.15, -0.1) is 19.3 Å². The van der Waals surface area contributed by atoms with Gasteiger partial charge in [0.05, 0.1) is 6.67 Å². The molecule has 0 radical (unpaired) electrons. The van der Waals surface area contributed by atoms with Crippen LogP contribution < -0.4 is 0 Å². The maximum atomic E-state index is 14.1. The highest BCUT2D eigenvalue weighted by Gasteiger charge is 2.23. The van der Waals surface area contributed by atoms with Gasteiger partial charge >= 0.3 is 0 Å². The molecule has 0 saturated carbocycles. The van der Waals surface area contributed by atoms with Crippen molar-refractivity contribution in [1.29, 1.82) is 0 Å². The molecule has 1 aliphatic rings. The Bertz CT molecular complexity index is 1500. The maximum Gasteiger partial charge on any atom is 0.123 e. The first-order chi connectivity index (χ1) is 19.7. The molecule has 1 aliphatic heterocycles. The number of halogens is 2. The van der Waals surface area contributed by atoms with E-state index in [1.54, 1.807) is 12.1 Å². The standard InChI is InChI=1S/C36H42F2NPS/c1-24-17-31(38)18-25(2)35(24)26(3)36-33(32-12-11-30(23-40(4)5)21-34(32)41-36)20-28-9-7-27(8-10-28)19-29-13-16-39(22-29)15-6-14-37/h7-12,17-18,21,29H,3,6,13-16,19-20,22-23H2,1-2,4-5H3. The molecule has 4 aromatic rings. The van der Waals surface area contributed by atoms with Gasteiger partial charge in [0.2, 0.25) is 0 Å². The third-order valence-corrected chi connectivity index (χ3v) is 10.6. The van der Waals surface area contributed by atoms with Gasteiger partial charge in [-0.1, -0.05) is 43.0 Å². The minimum absolute atomic E-state index is 0.0134. The zero-order valence-corrected chi connectivity index (χ0v) is 26.6. The predicted octanol–water partition coefficient (Wildman–Crippen LogP) is 9.78. The molecule has 1 unspecified atom stereocenters. The van der Waals surface area contributed by atoms with Gasteiger partial charge in [0.15, 0.2) is 0 Å². The van der Waals surface area contributed by atoms with E-state index in [1.807, 2.05) is 25.2 Å². The Labute approximate surface area is 250 Å². The monoisotopic (exact) mass is 589 g/mol. The molecule has 2 heterocycles. The van der Waals surface area contributed by atoms with E-state index in [1.165, 1.54) is 43.6 Å². The Morgan fingerprint density at radius 3 is 2.37 bits per heavy atom. The zero-order valence-electron chi connectivity index (χ0n) is 24.9. The van der Waals surface area contributed by atoms with Gasteiger partial charge in [-0.2, -0.15) is 0 Å². The fourth-order valence-corrected chi connectivity index (χ4v) is 8.66. The number of alkyl halides is 1. The van der Waals surface area contributed by atoms with E-state index in [0.717, 1.165) is 60.9 Å². The highest BCUT2D eigenvalue weighted by molar-refractivity contribution is 7.55. The molecule has 1 aromatic heterocycles. The van der Waals surface area contributed by atoms with Crippen LogP contribution in [-0.4, -0.2) is 44.5 Å². The van der Waals surface area contributed by atoms with E-state index < -0.39 is 0 Å². The summed E-state index contributed by atoms with van der Waals surface area (Å²) in [6.07, 6.45) is 4.89. The number of fused-ring (bicyclic) bond motifs is 1. The van der Waals surface area contributed by atoms with Gasteiger partial charge in [-0.25, -0.2) is 4.39 Å². The lowest BCUT2D eigenvalue weighted by atomic mass is 9.91. The summed E-state index contributed by atoms with van der Waals surface area (Å²) in [5.74, 6) is 0.457. The molecule has 3 aromatic carbocycles. The van der Waals surface area contributed by atoms with Crippen molar-refractivity contribution >= 4 is 34.9 Å². The molecule has 1 fully saturated rings. The van der Waals surface area contributed by atoms with Gasteiger partial charge in [0, 0.05) is 22.7 Å². The van der Waals surface area contributed by atoms with Crippen molar-refractivity contribution in [2.75, 3.05) is 39.6 Å². The largest absolute Gasteiger partial charge is 0.303 e. The summed E-state index contributed by atoms with van der Waals surface area (Å²) in [6, 6.07) is 19.4. The molecule has 0 N–H and O–H groups in total. The van der Waals surface area contributed by atoms with Gasteiger partial charge in [-0.05, 0) is 140 Å². The Morgan fingerprint density at radius 1 is 1.00 bits per heavy atom. The second-order valence-corrected chi connectivity index (χ2v) is 15.6. The molecule has 0 aliphatic carbocycles. The fourth-order valence-electron chi connectivity index (χ4n) is 6.47. The third kappa shape index (κ3) is 7.16. The van der Waals surface area contributed by atoms with Crippen molar-refractivity contribution < 1.29 is 8.78 Å². The van der Waals surface area contributed by atoms with Crippen molar-refractivity contribution in [2.24, 2.45) is 5.92 Å². The summed E-state index contributed by atoms with van der Waals surface area (Å²) < 4.78 is 28.0. The van der Waals surface area contributed by atoms with Crippen molar-refractivity contribution in [3.05, 3.63) is 111 Å². The smallest absolute Gasteiger partial charge is 0.123 e. The Morgan fingerprint density at radius 2 is 1.68 bits per heavy atom. The molecule has 0 amide bonds. The highest BCUT2D eigenvalue weighted by Crippen LogP contribution is 2.42. The van der Waals surface area contributed by atoms with Crippen LogP contribution in [0.4, 0.5) is 8.78 Å². The molecule has 41 heavy (non-hydrogen) atoms. The Kier molecular flexibility index (Phi) is 9.74. The minimum Gasteiger partial charge on any atom is -0.303 e. The van der Waals surface area contributed by atoms with Gasteiger partial charge in [-0.3, -0.25) is 4.39 Å². The van der Waals surface area contributed by atoms with E-state index in [0.29, 0.717) is 12.3 Å². The number of benzene rings is 3. The third-order valence-electron chi connectivity index (χ3n) is 8.34. The molecule has 0 spiro atoms. The van der Waals surface area contributed by atoms with Crippen LogP contribution in [0.3, 0.4) is 0 Å². The highest BCUT2D eigenvalue weighted by atomic mass is 32.1. The molecule has 1 saturated heterocycles. The van der Waals surface area contributed by atoms with E-state index >= 15 is 0 Å². The molecule has 216 valence electrons. The number of nitrogens with zero attached hydrogens (tertiary/aromatic N) is 1. The van der Waals surface area contributed by atoms with E-state index in [9.17, 15) is 8.78 Å². The van der Waals surface area contributed by atoms with Gasteiger partial charge < -0.3 is 4.90 Å². The number of hydrogen-bond donors (Lipinski definition) is 0. The molecule has 0 bridgehead atoms. The molecule has 1 nitrogen and oxygen atoms in total. The average Bonchev–Trinajstić information content (AvgIpc) is 3.51. The van der Waals surface area contributed by atoms with Crippen LogP contribution in [0.25, 0.3) is 15.7 Å². The van der Waals surface area contributed by atoms with E-state index in [4.69, 9.17) is 0 Å². The molecular formula is C36H42F2NPS. The number of hydrogen-bond acceptors (Lipinski definition) is 2. The summed E-state index contributed by atoms with van der Waals surface area (Å²) in [6.45, 7) is 16.0. The zero-order chi connectivity index (χ0) is 29.1. The summed E-state index contributed by atoms with van der Waals surface area (Å²) in [4.78, 5) is 3.61. The maximum absolute atomic E-state index is 14.1. The summed E-state index contributed by atoms with van der Waals surface area (Å²) in [5, 5.41) is 1.30. The Balaban J connectivity index is 1.42. The predicted molar refractivity (Wildman–Crippen MR) is 176 cm³/mol. The minimum atomic E-state index is -0.222. The topological polar surface area (TPSA) is 3.24 Å². The van der Waals surface area contributed by atoms with Crippen molar-refractivity contribution in [2.45, 2.75) is 45.7 Å². The van der Waals surface area contributed by atoms with Crippen LogP contribution in [0.2, 0.25) is 0 Å². The van der Waals surface area contributed by atoms with Gasteiger partial charge in [0.25, 0.3) is 0 Å². The van der Waals surface area contributed by atoms with Crippen LogP contribution >= 0.6 is 19.3 Å². The lowest BCUT2D eigenvalue weighted by molar-refractivity contribution is 0.301. The van der Waals surface area contributed by atoms with Crippen molar-refractivity contribution in [1.82, 2.24) is 4.90 Å². The second kappa shape index (κ2) is 13.3. The van der Waals surface area contributed by atoms with Crippen molar-refractivity contribution in [3.63, 3.8) is 0 Å². The molecule has 5 rings (SSSR count). The van der Waals surface area contributed by atoms with Crippen LogP contribution in [0, 0.1) is 25.6 Å². The quantitative estimate of drug-likeness (QED) is 0.157. The molecule has 5 heteroatoms. The van der Waals surface area contributed by atoms with Crippen LogP contribution in [0.1, 0.15) is 56.7 Å². The fraction of sp³-hybridized carbons (Fsp3) is 0.389. The number of likely N-dealkylation sites (tertiary alicyclic amines) is 1. The van der Waals surface area contributed by atoms with E-state index in [2.05, 4.69) is 67.3 Å². The van der Waals surface area contributed by atoms with Crippen molar-refractivity contribution in [3.8, 4) is 0 Å². The average molecular weight is 590 g/mol. The van der Waals surface area contributed by atoms with Crippen LogP contribution in [0.15, 0.2) is 61.2 Å². The first-order valence-corrected chi connectivity index (χ1v) is 18.0. The summed E-state index contributed by atoms with van der Waals surface area (Å²) >= 11 is 1.82. The van der Waals surface area contributed by atoms with Crippen LogP contribution in [-0.2, 0) is 19.0 Å². The SMILES string of the molecule is C=C(c1sc2cc(CP(C)C)ccc2c1Cc1ccc(CC2CCN(CCCF)C2)cc1)c1c(C)cc(F)cc1C. The Hall–Kier alpha value is -2.39. The number of thiophene rings is 1. The lowest BCUT2D eigenvalue weighted by Gasteiger charge is -2.15. The molecule has 1 atom stereocenters. The normalized spacial score (nSPS) is 15.8. The second-order valence-electron chi connectivity index (χ2n) is 12.1. The number of rotatable bonds is 11.